The van der Waals surface area contributed by atoms with E-state index in [4.69, 9.17) is 29.6 Å². The normalized spacial score (nSPS) is 10.3. The summed E-state index contributed by atoms with van der Waals surface area (Å²) >= 11 is 10.9. The molecule has 0 atom stereocenters. The van der Waals surface area contributed by atoms with Crippen LogP contribution in [-0.4, -0.2) is 12.0 Å². The number of rotatable bonds is 4. The van der Waals surface area contributed by atoms with E-state index in [1.165, 1.54) is 6.07 Å². The topological polar surface area (TPSA) is 29.3 Å². The van der Waals surface area contributed by atoms with E-state index in [1.54, 1.807) is 6.07 Å². The molecule has 0 fully saturated rings. The number of anilines is 1. The second-order valence-electron chi connectivity index (χ2n) is 4.48. The smallest absolute Gasteiger partial charge is 0.142 e. The maximum Gasteiger partial charge on any atom is 0.142 e. The lowest BCUT2D eigenvalue weighted by Crippen LogP contribution is -2.17. The first-order valence-corrected chi connectivity index (χ1v) is 6.81. The molecular weight excluding hydrogens is 295 g/mol. The van der Waals surface area contributed by atoms with Gasteiger partial charge in [0.2, 0.25) is 0 Å². The molecule has 20 heavy (non-hydrogen) atoms. The summed E-state index contributed by atoms with van der Waals surface area (Å²) in [4.78, 5) is 2.34. The molecule has 2 aromatic carbocycles. The Morgan fingerprint density at radius 1 is 1.25 bits per heavy atom. The molecule has 0 aliphatic heterocycles. The van der Waals surface area contributed by atoms with E-state index < -0.39 is 5.82 Å². The Morgan fingerprint density at radius 2 is 1.90 bits per heavy atom. The number of nitrogens with zero attached hydrogens (tertiary/aromatic N) is 1. The van der Waals surface area contributed by atoms with Crippen LogP contribution in [-0.2, 0) is 6.54 Å². The van der Waals surface area contributed by atoms with E-state index in [9.17, 15) is 4.39 Å². The highest BCUT2D eigenvalue weighted by molar-refractivity contribution is 7.80. The van der Waals surface area contributed by atoms with Crippen molar-refractivity contribution in [1.82, 2.24) is 0 Å². The van der Waals surface area contributed by atoms with Gasteiger partial charge in [-0.1, -0.05) is 36.0 Å². The predicted molar refractivity (Wildman–Crippen MR) is 85.8 cm³/mol. The van der Waals surface area contributed by atoms with E-state index in [0.717, 1.165) is 16.8 Å². The zero-order valence-electron chi connectivity index (χ0n) is 10.9. The molecule has 0 spiro atoms. The van der Waals surface area contributed by atoms with Gasteiger partial charge in [0.05, 0.1) is 5.02 Å². The molecule has 2 rings (SSSR count). The molecule has 0 aliphatic carbocycles. The van der Waals surface area contributed by atoms with Gasteiger partial charge in [-0.2, -0.15) is 0 Å². The maximum atomic E-state index is 13.4. The minimum Gasteiger partial charge on any atom is -0.389 e. The summed E-state index contributed by atoms with van der Waals surface area (Å²) in [7, 11) is 1.91. The van der Waals surface area contributed by atoms with Gasteiger partial charge in [-0.05, 0) is 35.9 Å². The summed E-state index contributed by atoms with van der Waals surface area (Å²) in [6.45, 7) is 0.517. The summed E-state index contributed by atoms with van der Waals surface area (Å²) in [5.41, 5.74) is 8.10. The van der Waals surface area contributed by atoms with E-state index in [0.29, 0.717) is 11.5 Å². The van der Waals surface area contributed by atoms with Gasteiger partial charge in [-0.15, -0.1) is 0 Å². The Hall–Kier alpha value is -1.65. The summed E-state index contributed by atoms with van der Waals surface area (Å²) in [6, 6.07) is 12.4. The summed E-state index contributed by atoms with van der Waals surface area (Å²) in [5.74, 6) is -0.401. The first kappa shape index (κ1) is 14.8. The Morgan fingerprint density at radius 3 is 2.50 bits per heavy atom. The van der Waals surface area contributed by atoms with Crippen LogP contribution >= 0.6 is 23.8 Å². The van der Waals surface area contributed by atoms with Gasteiger partial charge in [-0.3, -0.25) is 0 Å². The van der Waals surface area contributed by atoms with Crippen LogP contribution in [0.2, 0.25) is 5.02 Å². The second-order valence-corrected chi connectivity index (χ2v) is 5.30. The Kier molecular flexibility index (Phi) is 4.57. The number of halogens is 2. The average molecular weight is 309 g/mol. The number of nitrogens with two attached hydrogens (primary N) is 1. The SMILES string of the molecule is CN(Cc1cccc(F)c1Cl)c1ccc(C(N)=S)cc1. The third kappa shape index (κ3) is 3.26. The molecule has 0 bridgehead atoms. The van der Waals surface area contributed by atoms with Crippen LogP contribution in [0.15, 0.2) is 42.5 Å². The highest BCUT2D eigenvalue weighted by Crippen LogP contribution is 2.23. The molecule has 2 N–H and O–H groups in total. The van der Waals surface area contributed by atoms with Gasteiger partial charge < -0.3 is 10.6 Å². The van der Waals surface area contributed by atoms with Crippen molar-refractivity contribution in [2.45, 2.75) is 6.54 Å². The van der Waals surface area contributed by atoms with Crippen molar-refractivity contribution >= 4 is 34.5 Å². The summed E-state index contributed by atoms with van der Waals surface area (Å²) in [5, 5.41) is 0.166. The van der Waals surface area contributed by atoms with Crippen molar-refractivity contribution in [3.8, 4) is 0 Å². The Balaban J connectivity index is 2.17. The first-order valence-electron chi connectivity index (χ1n) is 6.03. The van der Waals surface area contributed by atoms with Gasteiger partial charge in [0.15, 0.2) is 0 Å². The minimum atomic E-state index is -0.401. The highest BCUT2D eigenvalue weighted by atomic mass is 35.5. The van der Waals surface area contributed by atoms with E-state index in [-0.39, 0.29) is 5.02 Å². The van der Waals surface area contributed by atoms with Crippen LogP contribution in [0.5, 0.6) is 0 Å². The molecule has 2 nitrogen and oxygen atoms in total. The minimum absolute atomic E-state index is 0.166. The van der Waals surface area contributed by atoms with Crippen LogP contribution in [0, 0.1) is 5.82 Å². The van der Waals surface area contributed by atoms with Gasteiger partial charge in [-0.25, -0.2) is 4.39 Å². The Bertz CT molecular complexity index is 628. The monoisotopic (exact) mass is 308 g/mol. The van der Waals surface area contributed by atoms with Crippen LogP contribution in [0.4, 0.5) is 10.1 Å². The fraction of sp³-hybridized carbons (Fsp3) is 0.133. The van der Waals surface area contributed by atoms with Crippen molar-refractivity contribution in [1.29, 1.82) is 0 Å². The fourth-order valence-corrected chi connectivity index (χ4v) is 2.22. The number of benzene rings is 2. The molecule has 0 saturated heterocycles. The second kappa shape index (κ2) is 6.20. The molecule has 104 valence electrons. The average Bonchev–Trinajstić information content (AvgIpc) is 2.44. The van der Waals surface area contributed by atoms with Gasteiger partial charge in [0, 0.05) is 24.8 Å². The summed E-state index contributed by atoms with van der Waals surface area (Å²) in [6.07, 6.45) is 0. The third-order valence-electron chi connectivity index (χ3n) is 3.03. The van der Waals surface area contributed by atoms with Gasteiger partial charge in [0.1, 0.15) is 10.8 Å². The lowest BCUT2D eigenvalue weighted by molar-refractivity contribution is 0.625. The lowest BCUT2D eigenvalue weighted by atomic mass is 10.1. The first-order chi connectivity index (χ1) is 9.49. The molecule has 0 heterocycles. The van der Waals surface area contributed by atoms with Gasteiger partial charge in [0.25, 0.3) is 0 Å². The zero-order chi connectivity index (χ0) is 14.7. The van der Waals surface area contributed by atoms with Gasteiger partial charge >= 0.3 is 0 Å². The number of thiocarbonyl (C=S) groups is 1. The molecule has 0 aliphatic rings. The van der Waals surface area contributed by atoms with Crippen LogP contribution in [0.1, 0.15) is 11.1 Å². The Labute approximate surface area is 128 Å². The molecular formula is C15H14ClFN2S. The molecule has 2 aromatic rings. The number of hydrogen-bond acceptors (Lipinski definition) is 2. The molecule has 0 saturated carbocycles. The quantitative estimate of drug-likeness (QED) is 0.872. The van der Waals surface area contributed by atoms with Crippen molar-refractivity contribution in [2.24, 2.45) is 5.73 Å². The lowest BCUT2D eigenvalue weighted by Gasteiger charge is -2.20. The molecule has 0 unspecified atom stereocenters. The molecule has 0 aromatic heterocycles. The van der Waals surface area contributed by atoms with Crippen molar-refractivity contribution in [2.75, 3.05) is 11.9 Å². The maximum absolute atomic E-state index is 13.4. The van der Waals surface area contributed by atoms with Crippen molar-refractivity contribution in [3.63, 3.8) is 0 Å². The van der Waals surface area contributed by atoms with Crippen molar-refractivity contribution in [3.05, 3.63) is 64.4 Å². The van der Waals surface area contributed by atoms with Crippen LogP contribution in [0.25, 0.3) is 0 Å². The zero-order valence-corrected chi connectivity index (χ0v) is 12.5. The van der Waals surface area contributed by atoms with Crippen LogP contribution in [0.3, 0.4) is 0 Å². The molecule has 0 amide bonds. The van der Waals surface area contributed by atoms with E-state index >= 15 is 0 Å². The number of hydrogen-bond donors (Lipinski definition) is 1. The standard InChI is InChI=1S/C15H14ClFN2S/c1-19(9-11-3-2-4-13(17)14(11)16)12-7-5-10(6-8-12)15(18)20/h2-8H,9H2,1H3,(H2,18,20). The van der Waals surface area contributed by atoms with Crippen molar-refractivity contribution < 1.29 is 4.39 Å². The fourth-order valence-electron chi connectivity index (χ4n) is 1.90. The highest BCUT2D eigenvalue weighted by Gasteiger charge is 2.09. The molecule has 0 radical (unpaired) electrons. The summed E-state index contributed by atoms with van der Waals surface area (Å²) < 4.78 is 13.4. The van der Waals surface area contributed by atoms with E-state index in [1.807, 2.05) is 42.3 Å². The third-order valence-corrected chi connectivity index (χ3v) is 3.69. The predicted octanol–water partition coefficient (Wildman–Crippen LogP) is 3.75. The van der Waals surface area contributed by atoms with E-state index in [2.05, 4.69) is 0 Å². The van der Waals surface area contributed by atoms with Crippen LogP contribution < -0.4 is 10.6 Å². The molecule has 5 heteroatoms. The largest absolute Gasteiger partial charge is 0.389 e.